The zero-order valence-electron chi connectivity index (χ0n) is 18.7. The lowest BCUT2D eigenvalue weighted by atomic mass is 9.88. The summed E-state index contributed by atoms with van der Waals surface area (Å²) in [5, 5.41) is 9.16. The lowest BCUT2D eigenvalue weighted by Gasteiger charge is -2.34. The van der Waals surface area contributed by atoms with Gasteiger partial charge in [-0.2, -0.15) is 0 Å². The Kier molecular flexibility index (Phi) is 7.25. The van der Waals surface area contributed by atoms with Gasteiger partial charge in [-0.25, -0.2) is 13.9 Å². The van der Waals surface area contributed by atoms with Crippen molar-refractivity contribution in [1.82, 2.24) is 10.4 Å². The molecule has 182 valence electrons. The van der Waals surface area contributed by atoms with Gasteiger partial charge in [0, 0.05) is 32.1 Å². The molecular weight excluding hydrogens is 448 g/mol. The summed E-state index contributed by atoms with van der Waals surface area (Å²) in [6.07, 6.45) is 5.92. The zero-order valence-corrected chi connectivity index (χ0v) is 19.5. The van der Waals surface area contributed by atoms with E-state index in [0.29, 0.717) is 18.8 Å². The average Bonchev–Trinajstić information content (AvgIpc) is 3.32. The Labute approximate surface area is 194 Å². The highest BCUT2D eigenvalue weighted by Crippen LogP contribution is 2.36. The number of nitrogens with zero attached hydrogens (tertiary/aromatic N) is 1. The van der Waals surface area contributed by atoms with Gasteiger partial charge < -0.3 is 14.4 Å². The molecule has 1 unspecified atom stereocenters. The molecule has 3 fully saturated rings. The van der Waals surface area contributed by atoms with Gasteiger partial charge in [0.1, 0.15) is 11.9 Å². The van der Waals surface area contributed by atoms with Crippen molar-refractivity contribution < 1.29 is 32.7 Å². The molecule has 0 bridgehead atoms. The van der Waals surface area contributed by atoms with Crippen LogP contribution in [-0.2, 0) is 24.2 Å². The van der Waals surface area contributed by atoms with Crippen LogP contribution in [0.4, 0.5) is 0 Å². The van der Waals surface area contributed by atoms with Crippen molar-refractivity contribution in [3.63, 3.8) is 0 Å². The van der Waals surface area contributed by atoms with Gasteiger partial charge in [-0.1, -0.05) is 19.3 Å². The number of hydroxylamine groups is 1. The predicted molar refractivity (Wildman–Crippen MR) is 119 cm³/mol. The molecule has 2 heterocycles. The lowest BCUT2D eigenvalue weighted by molar-refractivity contribution is -0.136. The van der Waals surface area contributed by atoms with Crippen LogP contribution < -0.4 is 10.2 Å². The van der Waals surface area contributed by atoms with E-state index in [1.807, 2.05) is 4.90 Å². The van der Waals surface area contributed by atoms with Crippen LogP contribution in [-0.4, -0.2) is 67.5 Å². The second kappa shape index (κ2) is 9.99. The number of carbonyl (C=O) groups excluding carboxylic acids is 2. The number of ether oxygens (including phenoxy) is 2. The van der Waals surface area contributed by atoms with Gasteiger partial charge in [0.2, 0.25) is 5.91 Å². The van der Waals surface area contributed by atoms with E-state index in [9.17, 15) is 18.0 Å². The Bertz CT molecular complexity index is 952. The molecular formula is C23H32N2O7S. The molecule has 2 saturated heterocycles. The third-order valence-corrected chi connectivity index (χ3v) is 9.69. The topological polar surface area (TPSA) is 122 Å². The molecule has 10 heteroatoms. The maximum Gasteiger partial charge on any atom is 0.265 e. The van der Waals surface area contributed by atoms with Crippen LogP contribution in [0.25, 0.3) is 0 Å². The standard InChI is InChI=1S/C23H32N2O7S/c26-21(17-4-2-1-3-5-17)25-13-10-19(16-25)32-18-6-8-20(9-7-18)33(29,30)23(22(27)24-28)11-14-31-15-12-23/h6-9,17,19,28H,1-5,10-16H2,(H,24,27). The number of likely N-dealkylation sites (tertiary alicyclic amines) is 1. The minimum Gasteiger partial charge on any atom is -0.489 e. The maximum absolute atomic E-state index is 13.3. The van der Waals surface area contributed by atoms with Crippen molar-refractivity contribution in [3.8, 4) is 5.75 Å². The number of hydrogen-bond acceptors (Lipinski definition) is 7. The maximum atomic E-state index is 13.3. The number of rotatable bonds is 6. The minimum atomic E-state index is -4.07. The van der Waals surface area contributed by atoms with Gasteiger partial charge in [-0.15, -0.1) is 0 Å². The molecule has 1 saturated carbocycles. The van der Waals surface area contributed by atoms with Crippen LogP contribution in [0.2, 0.25) is 0 Å². The van der Waals surface area contributed by atoms with E-state index in [0.717, 1.165) is 32.1 Å². The summed E-state index contributed by atoms with van der Waals surface area (Å²) in [6.45, 7) is 1.44. The van der Waals surface area contributed by atoms with Gasteiger partial charge in [0.15, 0.2) is 14.6 Å². The molecule has 2 N–H and O–H groups in total. The van der Waals surface area contributed by atoms with Crippen LogP contribution in [0, 0.1) is 5.92 Å². The number of hydrogen-bond donors (Lipinski definition) is 2. The number of carbonyl (C=O) groups is 2. The monoisotopic (exact) mass is 480 g/mol. The molecule has 1 atom stereocenters. The molecule has 4 rings (SSSR count). The highest BCUT2D eigenvalue weighted by molar-refractivity contribution is 7.93. The van der Waals surface area contributed by atoms with Crippen molar-refractivity contribution in [3.05, 3.63) is 24.3 Å². The fraction of sp³-hybridized carbons (Fsp3) is 0.652. The predicted octanol–water partition coefficient (Wildman–Crippen LogP) is 2.07. The highest BCUT2D eigenvalue weighted by Gasteiger charge is 2.52. The largest absolute Gasteiger partial charge is 0.489 e. The fourth-order valence-corrected chi connectivity index (χ4v) is 7.11. The summed E-state index contributed by atoms with van der Waals surface area (Å²) < 4.78 is 36.1. The first-order valence-electron chi connectivity index (χ1n) is 11.7. The third-order valence-electron chi connectivity index (χ3n) is 7.18. The molecule has 1 aromatic carbocycles. The number of benzene rings is 1. The Hall–Kier alpha value is -2.17. The first-order chi connectivity index (χ1) is 15.9. The Morgan fingerprint density at radius 1 is 1.06 bits per heavy atom. The molecule has 1 aliphatic carbocycles. The first kappa shape index (κ1) is 24.0. The SMILES string of the molecule is O=C(C1CCCCC1)N1CCC(Oc2ccc(S(=O)(=O)C3(C(=O)NO)CCOCC3)cc2)C1. The molecule has 0 aromatic heterocycles. The molecule has 0 radical (unpaired) electrons. The normalized spacial score (nSPS) is 23.8. The van der Waals surface area contributed by atoms with Crippen LogP contribution in [0.15, 0.2) is 29.2 Å². The quantitative estimate of drug-likeness (QED) is 0.472. The third kappa shape index (κ3) is 4.74. The van der Waals surface area contributed by atoms with Gasteiger partial charge in [-0.3, -0.25) is 14.8 Å². The molecule has 3 aliphatic rings. The number of amides is 2. The number of nitrogens with one attached hydrogen (secondary N) is 1. The second-order valence-electron chi connectivity index (χ2n) is 9.17. The van der Waals surface area contributed by atoms with E-state index >= 15 is 0 Å². The van der Waals surface area contributed by atoms with E-state index in [-0.39, 0.29) is 48.9 Å². The Balaban J connectivity index is 1.41. The van der Waals surface area contributed by atoms with Gasteiger partial charge in [-0.05, 0) is 49.9 Å². The van der Waals surface area contributed by atoms with E-state index in [2.05, 4.69) is 0 Å². The van der Waals surface area contributed by atoms with Gasteiger partial charge in [0.25, 0.3) is 5.91 Å². The van der Waals surface area contributed by atoms with Crippen molar-refractivity contribution >= 4 is 21.7 Å². The first-order valence-corrected chi connectivity index (χ1v) is 13.2. The van der Waals surface area contributed by atoms with E-state index in [1.165, 1.54) is 24.0 Å². The van der Waals surface area contributed by atoms with E-state index in [1.54, 1.807) is 12.1 Å². The fourth-order valence-electron chi connectivity index (χ4n) is 5.17. The van der Waals surface area contributed by atoms with Crippen molar-refractivity contribution in [2.75, 3.05) is 26.3 Å². The van der Waals surface area contributed by atoms with Crippen molar-refractivity contribution in [2.24, 2.45) is 5.92 Å². The number of sulfone groups is 1. The molecule has 2 amide bonds. The van der Waals surface area contributed by atoms with Crippen LogP contribution >= 0.6 is 0 Å². The summed E-state index contributed by atoms with van der Waals surface area (Å²) >= 11 is 0. The summed E-state index contributed by atoms with van der Waals surface area (Å²) in [5.74, 6) is -0.0693. The summed E-state index contributed by atoms with van der Waals surface area (Å²) in [5.41, 5.74) is 1.52. The molecule has 33 heavy (non-hydrogen) atoms. The van der Waals surface area contributed by atoms with Gasteiger partial charge in [0.05, 0.1) is 11.4 Å². The summed E-state index contributed by atoms with van der Waals surface area (Å²) in [6, 6.07) is 5.99. The van der Waals surface area contributed by atoms with Crippen molar-refractivity contribution in [2.45, 2.75) is 67.1 Å². The van der Waals surface area contributed by atoms with E-state index < -0.39 is 20.5 Å². The lowest BCUT2D eigenvalue weighted by Crippen LogP contribution is -2.54. The molecule has 2 aliphatic heterocycles. The van der Waals surface area contributed by atoms with E-state index in [4.69, 9.17) is 14.7 Å². The summed E-state index contributed by atoms with van der Waals surface area (Å²) in [4.78, 5) is 27.0. The Morgan fingerprint density at radius 3 is 2.36 bits per heavy atom. The minimum absolute atomic E-state index is 0.0131. The van der Waals surface area contributed by atoms with Crippen LogP contribution in [0.3, 0.4) is 0 Å². The van der Waals surface area contributed by atoms with Crippen LogP contribution in [0.5, 0.6) is 5.75 Å². The molecule has 9 nitrogen and oxygen atoms in total. The molecule has 1 aromatic rings. The highest BCUT2D eigenvalue weighted by atomic mass is 32.2. The molecule has 0 spiro atoms. The van der Waals surface area contributed by atoms with Crippen molar-refractivity contribution in [1.29, 1.82) is 0 Å². The summed E-state index contributed by atoms with van der Waals surface area (Å²) in [7, 11) is -4.07. The van der Waals surface area contributed by atoms with Gasteiger partial charge >= 0.3 is 0 Å². The smallest absolute Gasteiger partial charge is 0.265 e. The second-order valence-corrected chi connectivity index (χ2v) is 11.4. The zero-order chi connectivity index (χ0) is 23.5. The van der Waals surface area contributed by atoms with Crippen LogP contribution in [0.1, 0.15) is 51.4 Å². The Morgan fingerprint density at radius 2 is 1.73 bits per heavy atom. The average molecular weight is 481 g/mol.